The van der Waals surface area contributed by atoms with Crippen LogP contribution in [0.5, 0.6) is 5.75 Å². The number of aliphatic hydroxyl groups excluding tert-OH is 1. The molecule has 0 unspecified atom stereocenters. The number of likely N-dealkylation sites (N-methyl/N-ethyl adjacent to an activating group) is 1. The van der Waals surface area contributed by atoms with Gasteiger partial charge < -0.3 is 25.0 Å². The molecule has 3 N–H and O–H groups in total. The first-order chi connectivity index (χ1) is 19.9. The van der Waals surface area contributed by atoms with Crippen molar-refractivity contribution < 1.29 is 32.2 Å². The summed E-state index contributed by atoms with van der Waals surface area (Å²) in [7, 11) is -2.40. The molecular weight excluding hydrogens is 587 g/mol. The lowest BCUT2D eigenvalue weighted by atomic mass is 9.99. The maximum absolute atomic E-state index is 13.7. The van der Waals surface area contributed by atoms with Crippen LogP contribution in [0.15, 0.2) is 71.6 Å². The van der Waals surface area contributed by atoms with E-state index in [0.29, 0.717) is 10.7 Å². The number of halogens is 2. The first kappa shape index (κ1) is 31.1. The summed E-state index contributed by atoms with van der Waals surface area (Å²) in [5, 5.41) is 13.0. The molecule has 1 aliphatic rings. The molecule has 42 heavy (non-hydrogen) atoms. The maximum atomic E-state index is 13.7. The number of sulfonamides is 1. The molecule has 4 rings (SSSR count). The number of nitrogens with zero attached hydrogens (tertiary/aromatic N) is 2. The summed E-state index contributed by atoms with van der Waals surface area (Å²) in [6, 6.07) is 14.4. The van der Waals surface area contributed by atoms with E-state index in [4.69, 9.17) is 16.3 Å². The van der Waals surface area contributed by atoms with Gasteiger partial charge in [0.05, 0.1) is 29.7 Å². The highest BCUT2D eigenvalue weighted by Crippen LogP contribution is 2.31. The van der Waals surface area contributed by atoms with Gasteiger partial charge in [0.2, 0.25) is 0 Å². The number of rotatable bonds is 8. The topological polar surface area (TPSA) is 128 Å². The third kappa shape index (κ3) is 7.30. The number of hydrogen-bond donors (Lipinski definition) is 3. The van der Waals surface area contributed by atoms with Gasteiger partial charge in [0.15, 0.2) is 0 Å². The number of aliphatic hydroxyl groups is 1. The van der Waals surface area contributed by atoms with Crippen molar-refractivity contribution in [3.05, 3.63) is 83.1 Å². The molecule has 0 radical (unpaired) electrons. The lowest BCUT2D eigenvalue weighted by Gasteiger charge is -2.38. The number of anilines is 2. The Morgan fingerprint density at radius 3 is 2.43 bits per heavy atom. The van der Waals surface area contributed by atoms with Crippen LogP contribution in [-0.4, -0.2) is 74.2 Å². The molecule has 0 saturated carbocycles. The van der Waals surface area contributed by atoms with E-state index in [1.807, 2.05) is 6.92 Å². The first-order valence-corrected chi connectivity index (χ1v) is 15.0. The minimum Gasteiger partial charge on any atom is -0.487 e. The quantitative estimate of drug-likeness (QED) is 0.337. The number of benzene rings is 3. The Bertz CT molecular complexity index is 1540. The van der Waals surface area contributed by atoms with Crippen molar-refractivity contribution in [3.63, 3.8) is 0 Å². The van der Waals surface area contributed by atoms with Gasteiger partial charge in [-0.05, 0) is 73.7 Å². The number of fused-ring (bicyclic) bond motifs is 1. The van der Waals surface area contributed by atoms with Gasteiger partial charge in [-0.25, -0.2) is 17.6 Å². The van der Waals surface area contributed by atoms with Crippen molar-refractivity contribution in [2.45, 2.75) is 30.9 Å². The number of ether oxygens (including phenoxy) is 1. The zero-order valence-electron chi connectivity index (χ0n) is 23.3. The number of carbonyl (C=O) groups is 2. The largest absolute Gasteiger partial charge is 0.487 e. The Balaban J connectivity index is 1.61. The molecule has 0 bridgehead atoms. The van der Waals surface area contributed by atoms with Gasteiger partial charge in [-0.3, -0.25) is 9.52 Å². The average molecular weight is 619 g/mol. The van der Waals surface area contributed by atoms with Crippen LogP contribution >= 0.6 is 11.6 Å². The van der Waals surface area contributed by atoms with E-state index in [1.165, 1.54) is 76.5 Å². The number of nitrogens with one attached hydrogen (secondary N) is 2. The number of hydrogen-bond acceptors (Lipinski definition) is 6. The predicted octanol–water partition coefficient (Wildman–Crippen LogP) is 4.66. The molecule has 13 heteroatoms. The summed E-state index contributed by atoms with van der Waals surface area (Å²) in [4.78, 5) is 29.4. The van der Waals surface area contributed by atoms with Crippen molar-refractivity contribution in [3.8, 4) is 5.75 Å². The normalized spacial score (nSPS) is 17.8. The lowest BCUT2D eigenvalue weighted by Crippen LogP contribution is -2.50. The van der Waals surface area contributed by atoms with E-state index < -0.39 is 39.9 Å². The average Bonchev–Trinajstić information content (AvgIpc) is 2.96. The zero-order valence-corrected chi connectivity index (χ0v) is 24.8. The van der Waals surface area contributed by atoms with Crippen LogP contribution in [0.2, 0.25) is 5.02 Å². The summed E-state index contributed by atoms with van der Waals surface area (Å²) in [6.45, 7) is 3.63. The molecule has 0 aliphatic carbocycles. The van der Waals surface area contributed by atoms with Crippen LogP contribution in [0.1, 0.15) is 24.2 Å². The third-order valence-electron chi connectivity index (χ3n) is 6.94. The fourth-order valence-corrected chi connectivity index (χ4v) is 5.61. The molecule has 1 heterocycles. The van der Waals surface area contributed by atoms with Gasteiger partial charge in [-0.1, -0.05) is 18.5 Å². The monoisotopic (exact) mass is 618 g/mol. The Hall–Kier alpha value is -3.87. The van der Waals surface area contributed by atoms with Crippen molar-refractivity contribution >= 4 is 44.9 Å². The molecule has 3 atom stereocenters. The lowest BCUT2D eigenvalue weighted by molar-refractivity contribution is 0.0371. The minimum absolute atomic E-state index is 0.00686. The molecule has 0 fully saturated rings. The van der Waals surface area contributed by atoms with Crippen LogP contribution in [0.4, 0.5) is 20.6 Å². The molecule has 0 saturated heterocycles. The van der Waals surface area contributed by atoms with Crippen LogP contribution in [-0.2, 0) is 10.0 Å². The summed E-state index contributed by atoms with van der Waals surface area (Å²) in [6.07, 6.45) is -0.578. The second-order valence-electron chi connectivity index (χ2n) is 10.2. The van der Waals surface area contributed by atoms with Gasteiger partial charge in [-0.15, -0.1) is 0 Å². The fourth-order valence-electron chi connectivity index (χ4n) is 4.44. The highest BCUT2D eigenvalue weighted by Gasteiger charge is 2.34. The van der Waals surface area contributed by atoms with Crippen molar-refractivity contribution in [1.29, 1.82) is 0 Å². The number of urea groups is 1. The van der Waals surface area contributed by atoms with Gasteiger partial charge >= 0.3 is 6.03 Å². The molecule has 3 aromatic carbocycles. The van der Waals surface area contributed by atoms with E-state index in [1.54, 1.807) is 14.0 Å². The summed E-state index contributed by atoms with van der Waals surface area (Å²) in [5.74, 6) is -0.922. The van der Waals surface area contributed by atoms with Crippen molar-refractivity contribution in [2.75, 3.05) is 36.8 Å². The van der Waals surface area contributed by atoms with E-state index in [9.17, 15) is 27.5 Å². The molecule has 0 aromatic heterocycles. The zero-order chi connectivity index (χ0) is 30.6. The number of amides is 3. The molecule has 0 spiro atoms. The third-order valence-corrected chi connectivity index (χ3v) is 8.59. The molecule has 1 aliphatic heterocycles. The van der Waals surface area contributed by atoms with Crippen molar-refractivity contribution in [1.82, 2.24) is 9.80 Å². The first-order valence-electron chi connectivity index (χ1n) is 13.2. The SMILES string of the molecule is C[C@@H]1CN([C@H](C)CO)C(=O)c2cc(NS(=O)(=O)c3ccc(Cl)cc3)ccc2O[C@H]1CN(C)C(=O)Nc1ccc(F)cc1. The Morgan fingerprint density at radius 2 is 1.79 bits per heavy atom. The minimum atomic E-state index is -3.98. The maximum Gasteiger partial charge on any atom is 0.321 e. The molecule has 3 aromatic rings. The van der Waals surface area contributed by atoms with Crippen LogP contribution in [0.25, 0.3) is 0 Å². The Labute approximate surface area is 249 Å². The highest BCUT2D eigenvalue weighted by molar-refractivity contribution is 7.92. The molecule has 3 amide bonds. The van der Waals surface area contributed by atoms with Crippen LogP contribution in [0.3, 0.4) is 0 Å². The summed E-state index contributed by atoms with van der Waals surface area (Å²) >= 11 is 5.88. The smallest absolute Gasteiger partial charge is 0.321 e. The number of carbonyl (C=O) groups excluding carboxylic acids is 2. The van der Waals surface area contributed by atoms with Gasteiger partial charge in [0.25, 0.3) is 15.9 Å². The molecular formula is C29H32ClFN4O6S. The summed E-state index contributed by atoms with van der Waals surface area (Å²) in [5.41, 5.74) is 0.660. The second-order valence-corrected chi connectivity index (χ2v) is 12.3. The highest BCUT2D eigenvalue weighted by atomic mass is 35.5. The van der Waals surface area contributed by atoms with Crippen LogP contribution < -0.4 is 14.8 Å². The molecule has 10 nitrogen and oxygen atoms in total. The Kier molecular flexibility index (Phi) is 9.60. The van der Waals surface area contributed by atoms with E-state index in [2.05, 4.69) is 10.0 Å². The van der Waals surface area contributed by atoms with Gasteiger partial charge in [-0.2, -0.15) is 0 Å². The summed E-state index contributed by atoms with van der Waals surface area (Å²) < 4.78 is 47.9. The molecule has 224 valence electrons. The van der Waals surface area contributed by atoms with Crippen molar-refractivity contribution in [2.24, 2.45) is 5.92 Å². The van der Waals surface area contributed by atoms with E-state index in [-0.39, 0.29) is 47.5 Å². The second kappa shape index (κ2) is 13.0. The standard InChI is InChI=1S/C29H32ClFN4O6S/c1-18-15-35(19(2)17-36)28(37)25-14-23(33-42(39,40)24-11-4-20(30)5-12-24)10-13-26(25)41-27(18)16-34(3)29(38)32-22-8-6-21(31)7-9-22/h4-14,18-19,27,33,36H,15-17H2,1-3H3,(H,32,38)/t18-,19-,27+/m1/s1. The van der Waals surface area contributed by atoms with E-state index >= 15 is 0 Å². The van der Waals surface area contributed by atoms with Crippen LogP contribution in [0, 0.1) is 11.7 Å². The van der Waals surface area contributed by atoms with Gasteiger partial charge in [0.1, 0.15) is 17.7 Å². The van der Waals surface area contributed by atoms with Gasteiger partial charge in [0, 0.05) is 35.9 Å². The Morgan fingerprint density at radius 1 is 1.14 bits per heavy atom. The predicted molar refractivity (Wildman–Crippen MR) is 158 cm³/mol. The fraction of sp³-hybridized carbons (Fsp3) is 0.310. The van der Waals surface area contributed by atoms with E-state index in [0.717, 1.165) is 0 Å².